The maximum atomic E-state index is 9.95. The zero-order valence-electron chi connectivity index (χ0n) is 11.9. The highest BCUT2D eigenvalue weighted by molar-refractivity contribution is 4.99. The molecule has 0 amide bonds. The Morgan fingerprint density at radius 2 is 1.94 bits per heavy atom. The van der Waals surface area contributed by atoms with E-state index < -0.39 is 0 Å². The summed E-state index contributed by atoms with van der Waals surface area (Å²) in [6, 6.07) is 0.631. The first-order chi connectivity index (χ1) is 8.80. The zero-order valence-corrected chi connectivity index (χ0v) is 11.9. The average molecular weight is 254 g/mol. The molecule has 0 aromatic carbocycles. The number of nitrogens with one attached hydrogen (secondary N) is 2. The van der Waals surface area contributed by atoms with Gasteiger partial charge in [-0.2, -0.15) is 0 Å². The zero-order chi connectivity index (χ0) is 12.8. The molecule has 106 valence electrons. The van der Waals surface area contributed by atoms with Crippen LogP contribution in [0.4, 0.5) is 0 Å². The maximum absolute atomic E-state index is 9.95. The normalized spacial score (nSPS) is 35.3. The van der Waals surface area contributed by atoms with Gasteiger partial charge in [0.2, 0.25) is 0 Å². The summed E-state index contributed by atoms with van der Waals surface area (Å²) in [5.41, 5.74) is -0.0188. The molecular formula is C15H30N2O. The smallest absolute Gasteiger partial charge is 0.0617 e. The van der Waals surface area contributed by atoms with E-state index in [-0.39, 0.29) is 5.54 Å². The minimum Gasteiger partial charge on any atom is -0.394 e. The molecule has 1 saturated carbocycles. The molecule has 0 radical (unpaired) electrons. The first-order valence-electron chi connectivity index (χ1n) is 7.90. The third kappa shape index (κ3) is 3.25. The number of aliphatic hydroxyl groups excluding tert-OH is 1. The Labute approximate surface area is 112 Å². The summed E-state index contributed by atoms with van der Waals surface area (Å²) >= 11 is 0. The molecule has 0 aromatic heterocycles. The maximum Gasteiger partial charge on any atom is 0.0617 e. The van der Waals surface area contributed by atoms with Gasteiger partial charge in [-0.1, -0.05) is 39.0 Å². The van der Waals surface area contributed by atoms with Crippen molar-refractivity contribution in [1.82, 2.24) is 10.6 Å². The highest BCUT2D eigenvalue weighted by atomic mass is 16.3. The van der Waals surface area contributed by atoms with Crippen LogP contribution < -0.4 is 10.6 Å². The molecule has 2 aliphatic rings. The van der Waals surface area contributed by atoms with Crippen LogP contribution >= 0.6 is 0 Å². The fraction of sp³-hybridized carbons (Fsp3) is 1.00. The molecule has 0 spiro atoms. The molecule has 2 unspecified atom stereocenters. The lowest BCUT2D eigenvalue weighted by atomic mass is 9.76. The number of aliphatic hydroxyl groups is 1. The van der Waals surface area contributed by atoms with Gasteiger partial charge >= 0.3 is 0 Å². The van der Waals surface area contributed by atoms with Crippen LogP contribution in [-0.4, -0.2) is 36.4 Å². The molecule has 1 saturated heterocycles. The molecule has 18 heavy (non-hydrogen) atoms. The monoisotopic (exact) mass is 254 g/mol. The van der Waals surface area contributed by atoms with Gasteiger partial charge in [0.25, 0.3) is 0 Å². The molecule has 2 fully saturated rings. The van der Waals surface area contributed by atoms with Gasteiger partial charge in [0.15, 0.2) is 0 Å². The molecule has 3 N–H and O–H groups in total. The van der Waals surface area contributed by atoms with E-state index in [0.29, 0.717) is 18.6 Å². The van der Waals surface area contributed by atoms with Gasteiger partial charge in [-0.25, -0.2) is 0 Å². The van der Waals surface area contributed by atoms with Crippen LogP contribution in [0.25, 0.3) is 0 Å². The topological polar surface area (TPSA) is 44.3 Å². The molecule has 1 aliphatic heterocycles. The van der Waals surface area contributed by atoms with Crippen molar-refractivity contribution in [2.75, 3.05) is 19.7 Å². The van der Waals surface area contributed by atoms with Gasteiger partial charge in [-0.3, -0.25) is 0 Å². The predicted molar refractivity (Wildman–Crippen MR) is 75.7 cm³/mol. The van der Waals surface area contributed by atoms with Gasteiger partial charge < -0.3 is 15.7 Å². The summed E-state index contributed by atoms with van der Waals surface area (Å²) in [5, 5.41) is 17.3. The number of hydrogen-bond donors (Lipinski definition) is 3. The van der Waals surface area contributed by atoms with Crippen LogP contribution in [0.15, 0.2) is 0 Å². The first-order valence-corrected chi connectivity index (χ1v) is 7.90. The summed E-state index contributed by atoms with van der Waals surface area (Å²) in [6.45, 7) is 4.63. The molecule has 0 bridgehead atoms. The lowest BCUT2D eigenvalue weighted by Gasteiger charge is -2.46. The molecular weight excluding hydrogens is 224 g/mol. The number of rotatable bonds is 4. The van der Waals surface area contributed by atoms with E-state index in [1.54, 1.807) is 0 Å². The third-order valence-corrected chi connectivity index (χ3v) is 5.04. The molecule has 2 atom stereocenters. The fourth-order valence-electron chi connectivity index (χ4n) is 3.80. The van der Waals surface area contributed by atoms with Crippen LogP contribution in [0.5, 0.6) is 0 Å². The quantitative estimate of drug-likeness (QED) is 0.673. The van der Waals surface area contributed by atoms with Crippen molar-refractivity contribution in [2.45, 2.75) is 69.9 Å². The molecule has 1 heterocycles. The molecule has 0 aromatic rings. The second kappa shape index (κ2) is 6.88. The summed E-state index contributed by atoms with van der Waals surface area (Å²) in [4.78, 5) is 0. The second-order valence-electron chi connectivity index (χ2n) is 6.21. The van der Waals surface area contributed by atoms with E-state index in [2.05, 4.69) is 17.6 Å². The Kier molecular flexibility index (Phi) is 5.46. The lowest BCUT2D eigenvalue weighted by Crippen LogP contribution is -2.63. The van der Waals surface area contributed by atoms with Crippen molar-refractivity contribution in [2.24, 2.45) is 5.92 Å². The minimum atomic E-state index is -0.0188. The predicted octanol–water partition coefficient (Wildman–Crippen LogP) is 2.05. The van der Waals surface area contributed by atoms with E-state index in [4.69, 9.17) is 0 Å². The average Bonchev–Trinajstić information content (AvgIpc) is 2.67. The standard InChI is InChI=1S/C15H30N2O/c1-2-13-11-16-10-9-15(13,12-18)17-14-7-5-3-4-6-8-14/h13-14,16-18H,2-12H2,1H3. The Morgan fingerprint density at radius 3 is 2.56 bits per heavy atom. The van der Waals surface area contributed by atoms with Crippen molar-refractivity contribution in [3.63, 3.8) is 0 Å². The van der Waals surface area contributed by atoms with Gasteiger partial charge in [-0.05, 0) is 38.3 Å². The van der Waals surface area contributed by atoms with Crippen LogP contribution in [0.2, 0.25) is 0 Å². The van der Waals surface area contributed by atoms with Crippen LogP contribution in [0.1, 0.15) is 58.3 Å². The highest BCUT2D eigenvalue weighted by Gasteiger charge is 2.40. The Bertz CT molecular complexity index is 239. The first kappa shape index (κ1) is 14.3. The lowest BCUT2D eigenvalue weighted by molar-refractivity contribution is 0.0595. The number of hydrogen-bond acceptors (Lipinski definition) is 3. The van der Waals surface area contributed by atoms with E-state index in [1.165, 1.54) is 38.5 Å². The van der Waals surface area contributed by atoms with Gasteiger partial charge in [0, 0.05) is 11.6 Å². The van der Waals surface area contributed by atoms with Crippen molar-refractivity contribution in [1.29, 1.82) is 0 Å². The molecule has 1 aliphatic carbocycles. The molecule has 3 nitrogen and oxygen atoms in total. The molecule has 3 heteroatoms. The SMILES string of the molecule is CCC1CNCCC1(CO)NC1CCCCCC1. The summed E-state index contributed by atoms with van der Waals surface area (Å²) in [5.74, 6) is 0.569. The van der Waals surface area contributed by atoms with Crippen molar-refractivity contribution < 1.29 is 5.11 Å². The van der Waals surface area contributed by atoms with Gasteiger partial charge in [0.1, 0.15) is 0 Å². The summed E-state index contributed by atoms with van der Waals surface area (Å²) in [6.07, 6.45) is 10.3. The summed E-state index contributed by atoms with van der Waals surface area (Å²) in [7, 11) is 0. The van der Waals surface area contributed by atoms with E-state index in [1.807, 2.05) is 0 Å². The number of piperidine rings is 1. The largest absolute Gasteiger partial charge is 0.394 e. The molecule has 2 rings (SSSR count). The Hall–Kier alpha value is -0.120. The summed E-state index contributed by atoms with van der Waals surface area (Å²) < 4.78 is 0. The van der Waals surface area contributed by atoms with Crippen molar-refractivity contribution in [3.8, 4) is 0 Å². The van der Waals surface area contributed by atoms with Crippen molar-refractivity contribution in [3.05, 3.63) is 0 Å². The van der Waals surface area contributed by atoms with Gasteiger partial charge in [-0.15, -0.1) is 0 Å². The van der Waals surface area contributed by atoms with E-state index in [0.717, 1.165) is 25.9 Å². The second-order valence-corrected chi connectivity index (χ2v) is 6.21. The Balaban J connectivity index is 2.00. The van der Waals surface area contributed by atoms with E-state index >= 15 is 0 Å². The third-order valence-electron chi connectivity index (χ3n) is 5.04. The van der Waals surface area contributed by atoms with Crippen LogP contribution in [0, 0.1) is 5.92 Å². The Morgan fingerprint density at radius 1 is 1.22 bits per heavy atom. The minimum absolute atomic E-state index is 0.0188. The van der Waals surface area contributed by atoms with Gasteiger partial charge in [0.05, 0.1) is 6.61 Å². The van der Waals surface area contributed by atoms with Crippen LogP contribution in [0.3, 0.4) is 0 Å². The van der Waals surface area contributed by atoms with Crippen LogP contribution in [-0.2, 0) is 0 Å². The fourth-order valence-corrected chi connectivity index (χ4v) is 3.80. The highest BCUT2D eigenvalue weighted by Crippen LogP contribution is 2.29. The van der Waals surface area contributed by atoms with E-state index in [9.17, 15) is 5.11 Å². The van der Waals surface area contributed by atoms with Crippen molar-refractivity contribution >= 4 is 0 Å².